The van der Waals surface area contributed by atoms with Crippen LogP contribution >= 0.6 is 0 Å². The summed E-state index contributed by atoms with van der Waals surface area (Å²) >= 11 is 0. The van der Waals surface area contributed by atoms with Crippen LogP contribution in [0.2, 0.25) is 0 Å². The lowest BCUT2D eigenvalue weighted by molar-refractivity contribution is -0.145. The van der Waals surface area contributed by atoms with Crippen molar-refractivity contribution >= 4 is 25.1 Å². The molecule has 1 saturated heterocycles. The van der Waals surface area contributed by atoms with Gasteiger partial charge in [-0.05, 0) is 12.6 Å². The van der Waals surface area contributed by atoms with E-state index in [2.05, 4.69) is 4.99 Å². The van der Waals surface area contributed by atoms with Crippen LogP contribution in [0.1, 0.15) is 11.5 Å². The fourth-order valence-corrected chi connectivity index (χ4v) is 1.98. The molecule has 1 aromatic rings. The Morgan fingerprint density at radius 3 is 2.29 bits per heavy atom. The Morgan fingerprint density at radius 2 is 1.76 bits per heavy atom. The second kappa shape index (κ2) is 6.83. The largest absolute Gasteiger partial charge is 0.630 e. The Bertz CT molecular complexity index is 553. The first-order chi connectivity index (χ1) is 10.1. The van der Waals surface area contributed by atoms with Crippen LogP contribution in [0.3, 0.4) is 0 Å². The second-order valence-electron chi connectivity index (χ2n) is 4.60. The zero-order valence-corrected chi connectivity index (χ0v) is 11.4. The van der Waals surface area contributed by atoms with Crippen LogP contribution in [0.25, 0.3) is 0 Å². The first-order valence-corrected chi connectivity index (χ1v) is 6.29. The standard InChI is InChI=1S/C13H13BN2O5/c1-16-7-11(18)20-14(21-12(19)8-16)13(15-9-17)10-5-3-2-4-6-10/h2-6,13H,7-8H2,1H3. The molecule has 1 unspecified atom stereocenters. The summed E-state index contributed by atoms with van der Waals surface area (Å²) in [4.78, 5) is 39.1. The summed E-state index contributed by atoms with van der Waals surface area (Å²) in [6.07, 6.45) is 1.42. The van der Waals surface area contributed by atoms with Crippen LogP contribution in [0.4, 0.5) is 0 Å². The van der Waals surface area contributed by atoms with Crippen molar-refractivity contribution in [2.24, 2.45) is 4.99 Å². The number of nitrogens with zero attached hydrogens (tertiary/aromatic N) is 2. The predicted octanol–water partition coefficient (Wildman–Crippen LogP) is 0.123. The van der Waals surface area contributed by atoms with Crippen LogP contribution in [0.15, 0.2) is 35.3 Å². The SMILES string of the molecule is CN1CC(=O)OB(C(N=C=O)c2ccccc2)OC(=O)C1. The van der Waals surface area contributed by atoms with E-state index in [0.29, 0.717) is 5.56 Å². The minimum Gasteiger partial charge on any atom is -0.497 e. The molecule has 1 aliphatic heterocycles. The average Bonchev–Trinajstić information content (AvgIpc) is 2.43. The van der Waals surface area contributed by atoms with Crippen molar-refractivity contribution in [1.29, 1.82) is 0 Å². The summed E-state index contributed by atoms with van der Waals surface area (Å²) in [5.74, 6) is -2.05. The molecule has 0 spiro atoms. The van der Waals surface area contributed by atoms with Gasteiger partial charge in [-0.25, -0.2) is 4.79 Å². The third-order valence-electron chi connectivity index (χ3n) is 2.88. The Hall–Kier alpha value is -2.44. The molecule has 0 radical (unpaired) electrons. The predicted molar refractivity (Wildman–Crippen MR) is 72.7 cm³/mol. The van der Waals surface area contributed by atoms with Crippen molar-refractivity contribution in [2.75, 3.05) is 20.1 Å². The molecule has 0 N–H and O–H groups in total. The highest BCUT2D eigenvalue weighted by molar-refractivity contribution is 6.51. The van der Waals surface area contributed by atoms with E-state index in [1.807, 2.05) is 0 Å². The molecule has 1 fully saturated rings. The smallest absolute Gasteiger partial charge is 0.497 e. The Balaban J connectivity index is 2.27. The number of aliphatic imine (C=N–C) groups is 1. The number of carbonyl (C=O) groups excluding carboxylic acids is 3. The van der Waals surface area contributed by atoms with Crippen molar-refractivity contribution in [3.63, 3.8) is 0 Å². The molecular weight excluding hydrogens is 275 g/mol. The van der Waals surface area contributed by atoms with Crippen molar-refractivity contribution in [1.82, 2.24) is 4.90 Å². The van der Waals surface area contributed by atoms with Gasteiger partial charge in [-0.15, -0.1) is 0 Å². The number of isocyanates is 1. The van der Waals surface area contributed by atoms with E-state index in [1.54, 1.807) is 37.4 Å². The maximum absolute atomic E-state index is 11.7. The van der Waals surface area contributed by atoms with Gasteiger partial charge in [0.15, 0.2) is 5.94 Å². The number of hydrogen-bond donors (Lipinski definition) is 0. The molecule has 7 nitrogen and oxygen atoms in total. The molecule has 2 rings (SSSR count). The third kappa shape index (κ3) is 4.01. The van der Waals surface area contributed by atoms with Crippen molar-refractivity contribution in [3.8, 4) is 0 Å². The van der Waals surface area contributed by atoms with E-state index < -0.39 is 25.0 Å². The molecule has 0 saturated carbocycles. The summed E-state index contributed by atoms with van der Waals surface area (Å²) < 4.78 is 10.2. The van der Waals surface area contributed by atoms with Crippen LogP contribution in [0, 0.1) is 0 Å². The maximum atomic E-state index is 11.7. The lowest BCUT2D eigenvalue weighted by Gasteiger charge is -2.24. The van der Waals surface area contributed by atoms with Crippen LogP contribution in [0.5, 0.6) is 0 Å². The van der Waals surface area contributed by atoms with Gasteiger partial charge in [0.25, 0.3) is 0 Å². The van der Waals surface area contributed by atoms with E-state index in [4.69, 9.17) is 9.31 Å². The Morgan fingerprint density at radius 1 is 1.19 bits per heavy atom. The first-order valence-electron chi connectivity index (χ1n) is 6.29. The fourth-order valence-electron chi connectivity index (χ4n) is 1.98. The molecule has 1 atom stereocenters. The molecule has 8 heteroatoms. The zero-order chi connectivity index (χ0) is 15.2. The lowest BCUT2D eigenvalue weighted by Crippen LogP contribution is -2.44. The number of likely N-dealkylation sites (N-methyl/N-ethyl adjacent to an activating group) is 1. The van der Waals surface area contributed by atoms with Gasteiger partial charge in [-0.3, -0.25) is 14.5 Å². The van der Waals surface area contributed by atoms with Crippen molar-refractivity contribution in [2.45, 2.75) is 5.94 Å². The molecule has 108 valence electrons. The van der Waals surface area contributed by atoms with E-state index in [1.165, 1.54) is 11.0 Å². The topological polar surface area (TPSA) is 85.3 Å². The maximum Gasteiger partial charge on any atom is 0.630 e. The number of rotatable bonds is 3. The number of hydrogen-bond acceptors (Lipinski definition) is 7. The molecule has 1 aliphatic rings. The minimum absolute atomic E-state index is 0.0437. The summed E-state index contributed by atoms with van der Waals surface area (Å²) in [5.41, 5.74) is 0.584. The van der Waals surface area contributed by atoms with E-state index in [9.17, 15) is 14.4 Å². The van der Waals surface area contributed by atoms with Gasteiger partial charge in [-0.1, -0.05) is 30.3 Å². The van der Waals surface area contributed by atoms with Crippen LogP contribution < -0.4 is 0 Å². The minimum atomic E-state index is -1.28. The lowest BCUT2D eigenvalue weighted by atomic mass is 9.74. The highest BCUT2D eigenvalue weighted by Crippen LogP contribution is 2.22. The Labute approximate surface area is 121 Å². The molecule has 1 aromatic carbocycles. The first kappa shape index (κ1) is 15.0. The van der Waals surface area contributed by atoms with E-state index >= 15 is 0 Å². The van der Waals surface area contributed by atoms with Gasteiger partial charge in [0.1, 0.15) is 0 Å². The quantitative estimate of drug-likeness (QED) is 0.446. The van der Waals surface area contributed by atoms with Crippen molar-refractivity contribution < 1.29 is 23.7 Å². The molecule has 0 amide bonds. The normalized spacial score (nSPS) is 17.9. The summed E-state index contributed by atoms with van der Waals surface area (Å²) in [7, 11) is 0.323. The molecule has 0 bridgehead atoms. The van der Waals surface area contributed by atoms with E-state index in [-0.39, 0.29) is 13.1 Å². The summed E-state index contributed by atoms with van der Waals surface area (Å²) in [6.45, 7) is -0.0875. The van der Waals surface area contributed by atoms with Gasteiger partial charge in [0.2, 0.25) is 6.08 Å². The molecular formula is C13H13BN2O5. The van der Waals surface area contributed by atoms with Crippen LogP contribution in [-0.4, -0.2) is 50.2 Å². The molecule has 0 aliphatic carbocycles. The van der Waals surface area contributed by atoms with Gasteiger partial charge >= 0.3 is 19.1 Å². The molecule has 21 heavy (non-hydrogen) atoms. The third-order valence-corrected chi connectivity index (χ3v) is 2.88. The second-order valence-corrected chi connectivity index (χ2v) is 4.60. The average molecular weight is 288 g/mol. The fraction of sp³-hybridized carbons (Fsp3) is 0.308. The molecule has 1 heterocycles. The summed E-state index contributed by atoms with van der Waals surface area (Å²) in [6, 6.07) is 8.65. The number of benzene rings is 1. The van der Waals surface area contributed by atoms with Gasteiger partial charge in [-0.2, -0.15) is 4.99 Å². The van der Waals surface area contributed by atoms with Crippen molar-refractivity contribution in [3.05, 3.63) is 35.9 Å². The highest BCUT2D eigenvalue weighted by atomic mass is 16.6. The van der Waals surface area contributed by atoms with Gasteiger partial charge in [0.05, 0.1) is 13.1 Å². The van der Waals surface area contributed by atoms with Gasteiger partial charge in [0, 0.05) is 0 Å². The summed E-state index contributed by atoms with van der Waals surface area (Å²) in [5, 5.41) is 0. The highest BCUT2D eigenvalue weighted by Gasteiger charge is 2.41. The zero-order valence-electron chi connectivity index (χ0n) is 11.4. The van der Waals surface area contributed by atoms with Gasteiger partial charge < -0.3 is 9.31 Å². The number of carbonyl (C=O) groups is 2. The van der Waals surface area contributed by atoms with E-state index in [0.717, 1.165) is 0 Å². The van der Waals surface area contributed by atoms with Crippen LogP contribution in [-0.2, 0) is 23.7 Å². The Kier molecular flexibility index (Phi) is 4.87. The monoisotopic (exact) mass is 288 g/mol. The molecule has 0 aromatic heterocycles.